The van der Waals surface area contributed by atoms with Gasteiger partial charge in [-0.3, -0.25) is 4.79 Å². The lowest BCUT2D eigenvalue weighted by Gasteiger charge is -2.21. The number of nitrogens with one attached hydrogen (secondary N) is 2. The molecule has 152 valence electrons. The van der Waals surface area contributed by atoms with Crippen molar-refractivity contribution in [2.45, 2.75) is 32.9 Å². The fraction of sp³-hybridized carbons (Fsp3) is 0.350. The highest BCUT2D eigenvalue weighted by Crippen LogP contribution is 2.34. The summed E-state index contributed by atoms with van der Waals surface area (Å²) in [4.78, 5) is 12.0. The number of methoxy groups -OCH3 is 1. The highest BCUT2D eigenvalue weighted by molar-refractivity contribution is 6.42. The molecule has 0 aliphatic rings. The van der Waals surface area contributed by atoms with Crippen molar-refractivity contribution in [3.05, 3.63) is 51.0 Å². The van der Waals surface area contributed by atoms with E-state index in [4.69, 9.17) is 44.3 Å². The summed E-state index contributed by atoms with van der Waals surface area (Å²) < 4.78 is 11.0. The average Bonchev–Trinajstić information content (AvgIpc) is 2.60. The number of anilines is 1. The number of carbonyl (C=O) groups excluding carboxylic acids is 1. The predicted octanol–water partition coefficient (Wildman–Crippen LogP) is 5.56. The van der Waals surface area contributed by atoms with E-state index in [2.05, 4.69) is 10.6 Å². The number of benzene rings is 2. The summed E-state index contributed by atoms with van der Waals surface area (Å²) in [6, 6.07) is 8.68. The Balaban J connectivity index is 2.07. The van der Waals surface area contributed by atoms with Gasteiger partial charge in [0.2, 0.25) is 0 Å². The summed E-state index contributed by atoms with van der Waals surface area (Å²) in [6.07, 6.45) is 0. The summed E-state index contributed by atoms with van der Waals surface area (Å²) in [7, 11) is 1.53. The molecule has 0 spiro atoms. The highest BCUT2D eigenvalue weighted by atomic mass is 35.5. The zero-order chi connectivity index (χ0) is 20.9. The maximum atomic E-state index is 12.0. The lowest BCUT2D eigenvalue weighted by atomic mass is 10.1. The van der Waals surface area contributed by atoms with Crippen LogP contribution >= 0.6 is 34.8 Å². The van der Waals surface area contributed by atoms with Crippen LogP contribution in [0.4, 0.5) is 5.69 Å². The second-order valence-corrected chi connectivity index (χ2v) is 8.39. The average molecular weight is 446 g/mol. The van der Waals surface area contributed by atoms with E-state index in [1.54, 1.807) is 24.3 Å². The molecule has 0 bridgehead atoms. The van der Waals surface area contributed by atoms with Gasteiger partial charge in [0.25, 0.3) is 5.91 Å². The topological polar surface area (TPSA) is 59.6 Å². The smallest absolute Gasteiger partial charge is 0.258 e. The largest absolute Gasteiger partial charge is 0.493 e. The molecule has 0 radical (unpaired) electrons. The van der Waals surface area contributed by atoms with Crippen LogP contribution in [0.3, 0.4) is 0 Å². The van der Waals surface area contributed by atoms with Crippen molar-refractivity contribution in [3.63, 3.8) is 0 Å². The number of hydrogen-bond acceptors (Lipinski definition) is 4. The molecule has 0 unspecified atom stereocenters. The molecule has 2 rings (SSSR count). The van der Waals surface area contributed by atoms with Gasteiger partial charge in [0.05, 0.1) is 17.2 Å². The van der Waals surface area contributed by atoms with E-state index in [1.165, 1.54) is 7.11 Å². The van der Waals surface area contributed by atoms with Crippen LogP contribution in [0.1, 0.15) is 26.3 Å². The van der Waals surface area contributed by atoms with E-state index in [-0.39, 0.29) is 18.1 Å². The summed E-state index contributed by atoms with van der Waals surface area (Å²) in [5.41, 5.74) is 1.28. The molecule has 0 aliphatic carbocycles. The van der Waals surface area contributed by atoms with Crippen LogP contribution in [-0.2, 0) is 11.3 Å². The monoisotopic (exact) mass is 444 g/mol. The van der Waals surface area contributed by atoms with Crippen molar-refractivity contribution in [2.24, 2.45) is 0 Å². The Morgan fingerprint density at radius 3 is 2.32 bits per heavy atom. The van der Waals surface area contributed by atoms with E-state index in [0.717, 1.165) is 11.3 Å². The fourth-order valence-electron chi connectivity index (χ4n) is 2.39. The van der Waals surface area contributed by atoms with Crippen LogP contribution < -0.4 is 20.1 Å². The van der Waals surface area contributed by atoms with Gasteiger partial charge in [-0.1, -0.05) is 34.8 Å². The number of halogens is 3. The van der Waals surface area contributed by atoms with Crippen LogP contribution in [0, 0.1) is 0 Å². The number of ether oxygens (including phenoxy) is 2. The van der Waals surface area contributed by atoms with Gasteiger partial charge in [0, 0.05) is 28.9 Å². The van der Waals surface area contributed by atoms with Gasteiger partial charge in [-0.2, -0.15) is 0 Å². The Bertz CT molecular complexity index is 851. The SMILES string of the molecule is COc1cc(CNc2ccc(Cl)c(Cl)c2)c(Cl)cc1OCC(=O)NC(C)(C)C. The Hall–Kier alpha value is -1.82. The predicted molar refractivity (Wildman–Crippen MR) is 115 cm³/mol. The first kappa shape index (κ1) is 22.5. The van der Waals surface area contributed by atoms with E-state index in [1.807, 2.05) is 26.8 Å². The first-order valence-electron chi connectivity index (χ1n) is 8.58. The van der Waals surface area contributed by atoms with Crippen molar-refractivity contribution < 1.29 is 14.3 Å². The molecule has 28 heavy (non-hydrogen) atoms. The van der Waals surface area contributed by atoms with Gasteiger partial charge in [-0.25, -0.2) is 0 Å². The van der Waals surface area contributed by atoms with Gasteiger partial charge in [0.1, 0.15) is 0 Å². The minimum Gasteiger partial charge on any atom is -0.493 e. The Labute approximate surface area is 180 Å². The molecule has 0 heterocycles. The zero-order valence-corrected chi connectivity index (χ0v) is 18.4. The minimum absolute atomic E-state index is 0.134. The first-order chi connectivity index (χ1) is 13.1. The van der Waals surface area contributed by atoms with E-state index < -0.39 is 0 Å². The molecule has 5 nitrogen and oxygen atoms in total. The van der Waals surface area contributed by atoms with Crippen LogP contribution in [0.5, 0.6) is 11.5 Å². The molecule has 2 aromatic carbocycles. The minimum atomic E-state index is -0.331. The maximum Gasteiger partial charge on any atom is 0.258 e. The van der Waals surface area contributed by atoms with Gasteiger partial charge in [-0.15, -0.1) is 0 Å². The standard InChI is InChI=1S/C20H23Cl3N2O3/c1-20(2,3)25-19(26)11-28-18-9-15(22)12(7-17(18)27-4)10-24-13-5-6-14(21)16(23)8-13/h5-9,24H,10-11H2,1-4H3,(H,25,26). The number of hydrogen-bond donors (Lipinski definition) is 2. The number of rotatable bonds is 7. The van der Waals surface area contributed by atoms with Crippen molar-refractivity contribution >= 4 is 46.4 Å². The number of carbonyl (C=O) groups is 1. The molecule has 8 heteroatoms. The van der Waals surface area contributed by atoms with Crippen LogP contribution in [0.25, 0.3) is 0 Å². The molecule has 0 saturated carbocycles. The van der Waals surface area contributed by atoms with E-state index in [9.17, 15) is 4.79 Å². The third-order valence-electron chi connectivity index (χ3n) is 3.61. The van der Waals surface area contributed by atoms with Crippen molar-refractivity contribution in [1.82, 2.24) is 5.32 Å². The molecule has 2 N–H and O–H groups in total. The van der Waals surface area contributed by atoms with Gasteiger partial charge in [-0.05, 0) is 50.6 Å². The zero-order valence-electron chi connectivity index (χ0n) is 16.2. The molecule has 0 atom stereocenters. The van der Waals surface area contributed by atoms with E-state index in [0.29, 0.717) is 33.1 Å². The Morgan fingerprint density at radius 2 is 1.71 bits per heavy atom. The Kier molecular flexibility index (Phi) is 7.70. The third-order valence-corrected chi connectivity index (χ3v) is 4.70. The van der Waals surface area contributed by atoms with Crippen molar-refractivity contribution in [2.75, 3.05) is 19.0 Å². The summed E-state index contributed by atoms with van der Waals surface area (Å²) >= 11 is 18.3. The lowest BCUT2D eigenvalue weighted by molar-refractivity contribution is -0.124. The quantitative estimate of drug-likeness (QED) is 0.585. The molecule has 0 saturated heterocycles. The molecule has 0 aliphatic heterocycles. The van der Waals surface area contributed by atoms with Crippen LogP contribution in [0.2, 0.25) is 15.1 Å². The normalized spacial score (nSPS) is 11.1. The lowest BCUT2D eigenvalue weighted by Crippen LogP contribution is -2.43. The second-order valence-electron chi connectivity index (χ2n) is 7.16. The Morgan fingerprint density at radius 1 is 1.00 bits per heavy atom. The molecule has 2 aromatic rings. The molecule has 1 amide bonds. The molecule has 0 aromatic heterocycles. The number of amides is 1. The highest BCUT2D eigenvalue weighted by Gasteiger charge is 2.16. The van der Waals surface area contributed by atoms with Crippen LogP contribution in [-0.4, -0.2) is 25.2 Å². The maximum absolute atomic E-state index is 12.0. The first-order valence-corrected chi connectivity index (χ1v) is 9.71. The molecular weight excluding hydrogens is 423 g/mol. The molecular formula is C20H23Cl3N2O3. The van der Waals surface area contributed by atoms with E-state index >= 15 is 0 Å². The van der Waals surface area contributed by atoms with Crippen molar-refractivity contribution in [1.29, 1.82) is 0 Å². The summed E-state index contributed by atoms with van der Waals surface area (Å²) in [5.74, 6) is 0.657. The van der Waals surface area contributed by atoms with Gasteiger partial charge in [0.15, 0.2) is 18.1 Å². The molecule has 0 fully saturated rings. The fourth-order valence-corrected chi connectivity index (χ4v) is 2.90. The third kappa shape index (κ3) is 6.66. The summed E-state index contributed by atoms with van der Waals surface area (Å²) in [6.45, 7) is 6.01. The second kappa shape index (κ2) is 9.59. The van der Waals surface area contributed by atoms with Gasteiger partial charge < -0.3 is 20.1 Å². The van der Waals surface area contributed by atoms with Crippen molar-refractivity contribution in [3.8, 4) is 11.5 Å². The van der Waals surface area contributed by atoms with Crippen LogP contribution in [0.15, 0.2) is 30.3 Å². The summed E-state index contributed by atoms with van der Waals surface area (Å²) in [5, 5.41) is 7.50. The van der Waals surface area contributed by atoms with Gasteiger partial charge >= 0.3 is 0 Å².